The van der Waals surface area contributed by atoms with Gasteiger partial charge in [0.2, 0.25) is 0 Å². The van der Waals surface area contributed by atoms with Crippen molar-refractivity contribution in [3.8, 4) is 11.5 Å². The zero-order chi connectivity index (χ0) is 14.8. The van der Waals surface area contributed by atoms with Gasteiger partial charge in [-0.05, 0) is 36.8 Å². The zero-order valence-corrected chi connectivity index (χ0v) is 11.8. The fourth-order valence-corrected chi connectivity index (χ4v) is 2.83. The van der Waals surface area contributed by atoms with E-state index in [4.69, 9.17) is 8.92 Å². The van der Waals surface area contributed by atoms with Crippen molar-refractivity contribution in [3.63, 3.8) is 0 Å². The van der Waals surface area contributed by atoms with Crippen LogP contribution in [0.3, 0.4) is 0 Å². The van der Waals surface area contributed by atoms with Crippen LogP contribution in [0.5, 0.6) is 11.5 Å². The SMILES string of the molecule is COc1cccc(OS(=O)(=O)c2cc(F)ccc2C)c1. The summed E-state index contributed by atoms with van der Waals surface area (Å²) in [6.07, 6.45) is 0. The Kier molecular flexibility index (Phi) is 3.94. The number of hydrogen-bond acceptors (Lipinski definition) is 4. The summed E-state index contributed by atoms with van der Waals surface area (Å²) in [5.74, 6) is -0.0647. The Morgan fingerprint density at radius 1 is 1.05 bits per heavy atom. The molecular formula is C14H13FO4S. The van der Waals surface area contributed by atoms with Gasteiger partial charge >= 0.3 is 10.1 Å². The summed E-state index contributed by atoms with van der Waals surface area (Å²) in [6, 6.07) is 9.69. The normalized spacial score (nSPS) is 11.2. The molecular weight excluding hydrogens is 283 g/mol. The predicted octanol–water partition coefficient (Wildman–Crippen LogP) is 2.91. The van der Waals surface area contributed by atoms with Gasteiger partial charge in [0.25, 0.3) is 0 Å². The molecule has 2 aromatic rings. The zero-order valence-electron chi connectivity index (χ0n) is 11.0. The van der Waals surface area contributed by atoms with Crippen molar-refractivity contribution in [2.75, 3.05) is 7.11 Å². The van der Waals surface area contributed by atoms with Crippen molar-refractivity contribution in [1.82, 2.24) is 0 Å². The average molecular weight is 296 g/mol. The third-order valence-electron chi connectivity index (χ3n) is 2.67. The molecule has 4 nitrogen and oxygen atoms in total. The highest BCUT2D eigenvalue weighted by atomic mass is 32.2. The molecule has 0 saturated heterocycles. The van der Waals surface area contributed by atoms with Crippen molar-refractivity contribution >= 4 is 10.1 Å². The molecule has 0 N–H and O–H groups in total. The molecule has 0 bridgehead atoms. The van der Waals surface area contributed by atoms with Gasteiger partial charge in [0.15, 0.2) is 0 Å². The minimum atomic E-state index is -4.09. The largest absolute Gasteiger partial charge is 0.497 e. The lowest BCUT2D eigenvalue weighted by Crippen LogP contribution is -2.11. The Morgan fingerprint density at radius 3 is 2.45 bits per heavy atom. The van der Waals surface area contributed by atoms with E-state index in [2.05, 4.69) is 0 Å². The summed E-state index contributed by atoms with van der Waals surface area (Å²) < 4.78 is 47.5. The molecule has 20 heavy (non-hydrogen) atoms. The predicted molar refractivity (Wildman–Crippen MR) is 71.9 cm³/mol. The highest BCUT2D eigenvalue weighted by Crippen LogP contribution is 2.24. The Bertz CT molecular complexity index is 726. The molecule has 0 atom stereocenters. The van der Waals surface area contributed by atoms with Gasteiger partial charge in [-0.3, -0.25) is 0 Å². The lowest BCUT2D eigenvalue weighted by Gasteiger charge is -2.10. The fourth-order valence-electron chi connectivity index (χ4n) is 1.67. The molecule has 0 fully saturated rings. The minimum absolute atomic E-state index is 0.105. The molecule has 0 radical (unpaired) electrons. The van der Waals surface area contributed by atoms with Crippen molar-refractivity contribution in [2.24, 2.45) is 0 Å². The van der Waals surface area contributed by atoms with Crippen LogP contribution in [0.4, 0.5) is 4.39 Å². The standard InChI is InChI=1S/C14H13FO4S/c1-10-6-7-11(15)8-14(10)20(16,17)19-13-5-3-4-12(9-13)18-2/h3-9H,1-2H3. The molecule has 2 aromatic carbocycles. The highest BCUT2D eigenvalue weighted by molar-refractivity contribution is 7.87. The van der Waals surface area contributed by atoms with E-state index in [1.807, 2.05) is 0 Å². The topological polar surface area (TPSA) is 52.6 Å². The van der Waals surface area contributed by atoms with Crippen LogP contribution >= 0.6 is 0 Å². The molecule has 0 aliphatic rings. The van der Waals surface area contributed by atoms with Gasteiger partial charge < -0.3 is 8.92 Å². The van der Waals surface area contributed by atoms with E-state index >= 15 is 0 Å². The van der Waals surface area contributed by atoms with E-state index in [9.17, 15) is 12.8 Å². The van der Waals surface area contributed by atoms with Gasteiger partial charge in [-0.2, -0.15) is 8.42 Å². The number of hydrogen-bond donors (Lipinski definition) is 0. The molecule has 0 spiro atoms. The summed E-state index contributed by atoms with van der Waals surface area (Å²) in [6.45, 7) is 1.57. The van der Waals surface area contributed by atoms with Crippen LogP contribution in [0.1, 0.15) is 5.56 Å². The van der Waals surface area contributed by atoms with Crippen LogP contribution in [0.25, 0.3) is 0 Å². The van der Waals surface area contributed by atoms with Gasteiger partial charge in [-0.25, -0.2) is 4.39 Å². The second-order valence-electron chi connectivity index (χ2n) is 4.13. The maximum Gasteiger partial charge on any atom is 0.339 e. The molecule has 0 aromatic heterocycles. The van der Waals surface area contributed by atoms with Gasteiger partial charge in [-0.15, -0.1) is 0 Å². The first kappa shape index (κ1) is 14.3. The maximum atomic E-state index is 13.2. The molecule has 0 amide bonds. The van der Waals surface area contributed by atoms with Crippen molar-refractivity contribution < 1.29 is 21.7 Å². The Balaban J connectivity index is 2.38. The first-order chi connectivity index (χ1) is 9.42. The molecule has 0 unspecified atom stereocenters. The molecule has 0 aliphatic carbocycles. The fraction of sp³-hybridized carbons (Fsp3) is 0.143. The van der Waals surface area contributed by atoms with Crippen molar-refractivity contribution in [2.45, 2.75) is 11.8 Å². The number of methoxy groups -OCH3 is 1. The Labute approximate surface area is 116 Å². The van der Waals surface area contributed by atoms with Crippen LogP contribution in [0, 0.1) is 12.7 Å². The number of aryl methyl sites for hydroxylation is 1. The van der Waals surface area contributed by atoms with Crippen LogP contribution in [0.2, 0.25) is 0 Å². The molecule has 0 aliphatic heterocycles. The van der Waals surface area contributed by atoms with Gasteiger partial charge in [0.1, 0.15) is 22.2 Å². The second kappa shape index (κ2) is 5.50. The third kappa shape index (κ3) is 3.08. The average Bonchev–Trinajstić information content (AvgIpc) is 2.41. The Morgan fingerprint density at radius 2 is 1.75 bits per heavy atom. The summed E-state index contributed by atoms with van der Waals surface area (Å²) in [4.78, 5) is -0.194. The maximum absolute atomic E-state index is 13.2. The highest BCUT2D eigenvalue weighted by Gasteiger charge is 2.20. The quantitative estimate of drug-likeness (QED) is 0.814. The molecule has 0 heterocycles. The van der Waals surface area contributed by atoms with Crippen molar-refractivity contribution in [3.05, 3.63) is 53.8 Å². The lowest BCUT2D eigenvalue weighted by molar-refractivity contribution is 0.411. The van der Waals surface area contributed by atoms with Crippen LogP contribution in [0.15, 0.2) is 47.4 Å². The van der Waals surface area contributed by atoms with Gasteiger partial charge in [-0.1, -0.05) is 12.1 Å². The van der Waals surface area contributed by atoms with E-state index in [1.165, 1.54) is 31.4 Å². The second-order valence-corrected chi connectivity index (χ2v) is 5.64. The number of rotatable bonds is 4. The third-order valence-corrected chi connectivity index (χ3v) is 4.06. The number of benzene rings is 2. The number of halogens is 1. The summed E-state index contributed by atoms with van der Waals surface area (Å²) in [5.41, 5.74) is 0.411. The molecule has 0 saturated carbocycles. The van der Waals surface area contributed by atoms with Gasteiger partial charge in [0.05, 0.1) is 7.11 Å². The van der Waals surface area contributed by atoms with E-state index < -0.39 is 15.9 Å². The molecule has 106 valence electrons. The van der Waals surface area contributed by atoms with Crippen molar-refractivity contribution in [1.29, 1.82) is 0 Å². The first-order valence-corrected chi connectivity index (χ1v) is 7.18. The molecule has 6 heteroatoms. The smallest absolute Gasteiger partial charge is 0.339 e. The van der Waals surface area contributed by atoms with E-state index in [0.29, 0.717) is 11.3 Å². The summed E-state index contributed by atoms with van der Waals surface area (Å²) in [5, 5.41) is 0. The van der Waals surface area contributed by atoms with Crippen LogP contribution in [-0.4, -0.2) is 15.5 Å². The first-order valence-electron chi connectivity index (χ1n) is 5.77. The summed E-state index contributed by atoms with van der Waals surface area (Å²) >= 11 is 0. The number of ether oxygens (including phenoxy) is 1. The Hall–Kier alpha value is -2.08. The van der Waals surface area contributed by atoms with Gasteiger partial charge in [0, 0.05) is 6.07 Å². The monoisotopic (exact) mass is 296 g/mol. The van der Waals surface area contributed by atoms with Crippen LogP contribution < -0.4 is 8.92 Å². The van der Waals surface area contributed by atoms with Crippen LogP contribution in [-0.2, 0) is 10.1 Å². The minimum Gasteiger partial charge on any atom is -0.497 e. The van der Waals surface area contributed by atoms with E-state index in [0.717, 1.165) is 6.07 Å². The molecule has 2 rings (SSSR count). The lowest BCUT2D eigenvalue weighted by atomic mass is 10.2. The summed E-state index contributed by atoms with van der Waals surface area (Å²) in [7, 11) is -2.62. The van der Waals surface area contributed by atoms with E-state index in [-0.39, 0.29) is 10.6 Å². The van der Waals surface area contributed by atoms with E-state index in [1.54, 1.807) is 19.1 Å².